The van der Waals surface area contributed by atoms with Gasteiger partial charge in [0.05, 0.1) is 9.40 Å². The number of nitrogens with two attached hydrogens (primary N) is 1. The van der Waals surface area contributed by atoms with Crippen LogP contribution in [0.15, 0.2) is 22.7 Å². The largest absolute Gasteiger partial charge is 0.327 e. The molecular weight excluding hydrogens is 248 g/mol. The number of nitro benzene ring substituents is 1. The minimum atomic E-state index is -0.387. The van der Waals surface area contributed by atoms with Crippen LogP contribution in [0.1, 0.15) is 17.9 Å². The van der Waals surface area contributed by atoms with Gasteiger partial charge in [-0.25, -0.2) is 0 Å². The fourth-order valence-corrected chi connectivity index (χ4v) is 2.24. The highest BCUT2D eigenvalue weighted by molar-refractivity contribution is 9.10. The number of benzene rings is 1. The highest BCUT2D eigenvalue weighted by atomic mass is 79.9. The van der Waals surface area contributed by atoms with Crippen LogP contribution in [0.25, 0.3) is 0 Å². The van der Waals surface area contributed by atoms with E-state index >= 15 is 0 Å². The molecule has 0 radical (unpaired) electrons. The Bertz CT molecular complexity index is 394. The Kier molecular flexibility index (Phi) is 2.28. The predicted octanol–water partition coefficient (Wildman–Crippen LogP) is 2.17. The number of rotatable bonds is 2. The Morgan fingerprint density at radius 1 is 1.57 bits per heavy atom. The average Bonchev–Trinajstić information content (AvgIpc) is 2.82. The highest BCUT2D eigenvalue weighted by Gasteiger charge is 2.37. The van der Waals surface area contributed by atoms with E-state index < -0.39 is 0 Å². The minimum Gasteiger partial charge on any atom is -0.327 e. The maximum Gasteiger partial charge on any atom is 0.283 e. The summed E-state index contributed by atoms with van der Waals surface area (Å²) in [5, 5.41) is 10.6. The molecule has 0 bridgehead atoms. The monoisotopic (exact) mass is 256 g/mol. The van der Waals surface area contributed by atoms with Crippen molar-refractivity contribution >= 4 is 21.6 Å². The van der Waals surface area contributed by atoms with Crippen LogP contribution in [-0.4, -0.2) is 11.0 Å². The van der Waals surface area contributed by atoms with Gasteiger partial charge in [-0.15, -0.1) is 0 Å². The zero-order valence-corrected chi connectivity index (χ0v) is 8.90. The summed E-state index contributed by atoms with van der Waals surface area (Å²) < 4.78 is 0.572. The van der Waals surface area contributed by atoms with Gasteiger partial charge >= 0.3 is 0 Å². The molecule has 1 fully saturated rings. The fraction of sp³-hybridized carbons (Fsp3) is 0.333. The normalized spacial score (nSPS) is 24.7. The zero-order valence-electron chi connectivity index (χ0n) is 7.31. The van der Waals surface area contributed by atoms with Crippen LogP contribution in [-0.2, 0) is 0 Å². The molecule has 2 atom stereocenters. The van der Waals surface area contributed by atoms with Crippen molar-refractivity contribution in [2.24, 2.45) is 5.73 Å². The van der Waals surface area contributed by atoms with E-state index in [1.165, 1.54) is 6.07 Å². The lowest BCUT2D eigenvalue weighted by Gasteiger charge is -2.02. The number of nitrogens with zero attached hydrogens (tertiary/aromatic N) is 1. The maximum absolute atomic E-state index is 10.6. The Morgan fingerprint density at radius 2 is 2.21 bits per heavy atom. The Hall–Kier alpha value is -0.940. The van der Waals surface area contributed by atoms with Gasteiger partial charge in [0.1, 0.15) is 0 Å². The first-order valence-corrected chi connectivity index (χ1v) is 5.09. The molecule has 2 N–H and O–H groups in total. The summed E-state index contributed by atoms with van der Waals surface area (Å²) in [5.74, 6) is 0.282. The lowest BCUT2D eigenvalue weighted by molar-refractivity contribution is -0.385. The van der Waals surface area contributed by atoms with Gasteiger partial charge < -0.3 is 5.73 Å². The molecule has 1 aromatic rings. The van der Waals surface area contributed by atoms with E-state index in [9.17, 15) is 10.1 Å². The van der Waals surface area contributed by atoms with Gasteiger partial charge in [0.2, 0.25) is 0 Å². The molecule has 0 amide bonds. The van der Waals surface area contributed by atoms with E-state index in [-0.39, 0.29) is 22.6 Å². The van der Waals surface area contributed by atoms with Crippen LogP contribution < -0.4 is 5.73 Å². The lowest BCUT2D eigenvalue weighted by atomic mass is 10.1. The third-order valence-corrected chi connectivity index (χ3v) is 3.31. The summed E-state index contributed by atoms with van der Waals surface area (Å²) in [6.07, 6.45) is 0.916. The summed E-state index contributed by atoms with van der Waals surface area (Å²) in [4.78, 5) is 10.3. The van der Waals surface area contributed by atoms with Gasteiger partial charge in [0.25, 0.3) is 5.69 Å². The van der Waals surface area contributed by atoms with Crippen LogP contribution in [0.2, 0.25) is 0 Å². The predicted molar refractivity (Wildman–Crippen MR) is 56.1 cm³/mol. The molecule has 0 aromatic heterocycles. The number of hydrogen-bond acceptors (Lipinski definition) is 3. The summed E-state index contributed by atoms with van der Waals surface area (Å²) >= 11 is 3.25. The van der Waals surface area contributed by atoms with Crippen molar-refractivity contribution in [2.45, 2.75) is 18.4 Å². The lowest BCUT2D eigenvalue weighted by Crippen LogP contribution is -2.02. The average molecular weight is 257 g/mol. The molecule has 5 heteroatoms. The quantitative estimate of drug-likeness (QED) is 0.652. The molecule has 14 heavy (non-hydrogen) atoms. The molecular formula is C9H9BrN2O2. The van der Waals surface area contributed by atoms with Gasteiger partial charge in [-0.2, -0.15) is 0 Å². The SMILES string of the molecule is NC1CC1c1cccc([N+](=O)[O-])c1Br. The molecule has 2 unspecified atom stereocenters. The summed E-state index contributed by atoms with van der Waals surface area (Å²) in [6, 6.07) is 5.23. The minimum absolute atomic E-state index is 0.113. The van der Waals surface area contributed by atoms with Gasteiger partial charge in [-0.05, 0) is 27.9 Å². The first-order chi connectivity index (χ1) is 6.61. The fourth-order valence-electron chi connectivity index (χ4n) is 1.54. The third kappa shape index (κ3) is 1.53. The molecule has 1 aliphatic rings. The second kappa shape index (κ2) is 3.33. The second-order valence-corrected chi connectivity index (χ2v) is 4.24. The van der Waals surface area contributed by atoms with Crippen LogP contribution in [0.4, 0.5) is 5.69 Å². The van der Waals surface area contributed by atoms with Crippen LogP contribution >= 0.6 is 15.9 Å². The van der Waals surface area contributed by atoms with E-state index in [0.29, 0.717) is 4.47 Å². The molecule has 0 spiro atoms. The first-order valence-electron chi connectivity index (χ1n) is 4.29. The number of hydrogen-bond donors (Lipinski definition) is 1. The first kappa shape index (κ1) is 9.61. The van der Waals surface area contributed by atoms with Crippen LogP contribution in [0.3, 0.4) is 0 Å². The molecule has 1 saturated carbocycles. The van der Waals surface area contributed by atoms with Gasteiger partial charge in [0, 0.05) is 18.0 Å². The van der Waals surface area contributed by atoms with E-state index in [4.69, 9.17) is 5.73 Å². The molecule has 74 valence electrons. The van der Waals surface area contributed by atoms with Crippen molar-refractivity contribution in [3.63, 3.8) is 0 Å². The number of nitro groups is 1. The van der Waals surface area contributed by atoms with E-state index in [1.807, 2.05) is 6.07 Å². The van der Waals surface area contributed by atoms with Crippen molar-refractivity contribution in [1.29, 1.82) is 0 Å². The van der Waals surface area contributed by atoms with E-state index in [2.05, 4.69) is 15.9 Å². The van der Waals surface area contributed by atoms with Crippen LogP contribution in [0.5, 0.6) is 0 Å². The molecule has 0 heterocycles. The van der Waals surface area contributed by atoms with Crippen molar-refractivity contribution in [3.05, 3.63) is 38.3 Å². The van der Waals surface area contributed by atoms with Crippen molar-refractivity contribution < 1.29 is 4.92 Å². The number of halogens is 1. The Balaban J connectivity index is 2.42. The standard InChI is InChI=1S/C9H9BrN2O2/c10-9-5(6-4-7(6)11)2-1-3-8(9)12(13)14/h1-3,6-7H,4,11H2. The topological polar surface area (TPSA) is 69.2 Å². The molecule has 0 saturated heterocycles. The highest BCUT2D eigenvalue weighted by Crippen LogP contribution is 2.44. The molecule has 2 rings (SSSR count). The van der Waals surface area contributed by atoms with Crippen molar-refractivity contribution in [2.75, 3.05) is 0 Å². The van der Waals surface area contributed by atoms with Crippen molar-refractivity contribution in [3.8, 4) is 0 Å². The smallest absolute Gasteiger partial charge is 0.283 e. The molecule has 1 aliphatic carbocycles. The van der Waals surface area contributed by atoms with E-state index in [1.54, 1.807) is 6.07 Å². The maximum atomic E-state index is 10.6. The van der Waals surface area contributed by atoms with Crippen molar-refractivity contribution in [1.82, 2.24) is 0 Å². The molecule has 1 aromatic carbocycles. The Labute approximate surface area is 89.4 Å². The molecule has 4 nitrogen and oxygen atoms in total. The summed E-state index contributed by atoms with van der Waals surface area (Å²) in [5.41, 5.74) is 6.77. The van der Waals surface area contributed by atoms with Gasteiger partial charge in [0.15, 0.2) is 0 Å². The zero-order chi connectivity index (χ0) is 10.3. The molecule has 0 aliphatic heterocycles. The third-order valence-electron chi connectivity index (χ3n) is 2.44. The van der Waals surface area contributed by atoms with Gasteiger partial charge in [-0.1, -0.05) is 12.1 Å². The van der Waals surface area contributed by atoms with E-state index in [0.717, 1.165) is 12.0 Å². The summed E-state index contributed by atoms with van der Waals surface area (Å²) in [6.45, 7) is 0. The summed E-state index contributed by atoms with van der Waals surface area (Å²) in [7, 11) is 0. The second-order valence-electron chi connectivity index (χ2n) is 3.44. The Morgan fingerprint density at radius 3 is 2.71 bits per heavy atom. The van der Waals surface area contributed by atoms with Gasteiger partial charge in [-0.3, -0.25) is 10.1 Å². The van der Waals surface area contributed by atoms with Crippen LogP contribution in [0, 0.1) is 10.1 Å².